The number of fused-ring (bicyclic) bond motifs is 1. The van der Waals surface area contributed by atoms with Gasteiger partial charge in [0.05, 0.1) is 21.8 Å². The minimum atomic E-state index is -0.458. The molecular formula is C23H25ClN4O4S. The van der Waals surface area contributed by atoms with Crippen molar-refractivity contribution in [2.24, 2.45) is 0 Å². The minimum Gasteiger partial charge on any atom is -0.494 e. The summed E-state index contributed by atoms with van der Waals surface area (Å²) in [4.78, 5) is 32.1. The Bertz CT molecular complexity index is 1160. The summed E-state index contributed by atoms with van der Waals surface area (Å²) in [5, 5.41) is 11.9. The number of anilines is 1. The third-order valence-corrected chi connectivity index (χ3v) is 6.76. The molecule has 33 heavy (non-hydrogen) atoms. The number of nitro benzene ring substituents is 1. The molecule has 3 rings (SSSR count). The van der Waals surface area contributed by atoms with Gasteiger partial charge in [-0.3, -0.25) is 19.8 Å². The molecule has 1 aromatic heterocycles. The number of hydrogen-bond acceptors (Lipinski definition) is 7. The third-order valence-electron chi connectivity index (χ3n) is 5.22. The van der Waals surface area contributed by atoms with E-state index in [-0.39, 0.29) is 11.6 Å². The van der Waals surface area contributed by atoms with E-state index < -0.39 is 4.92 Å². The van der Waals surface area contributed by atoms with Crippen LogP contribution in [0.5, 0.6) is 5.75 Å². The number of ether oxygens (including phenoxy) is 1. The van der Waals surface area contributed by atoms with Gasteiger partial charge in [0.15, 0.2) is 5.13 Å². The van der Waals surface area contributed by atoms with Crippen LogP contribution >= 0.6 is 22.9 Å². The third kappa shape index (κ3) is 5.87. The van der Waals surface area contributed by atoms with Crippen molar-refractivity contribution >= 4 is 56.0 Å². The second-order valence-electron chi connectivity index (χ2n) is 7.12. The largest absolute Gasteiger partial charge is 0.494 e. The molecule has 2 aromatic carbocycles. The van der Waals surface area contributed by atoms with Crippen LogP contribution in [0.1, 0.15) is 19.4 Å². The average molecular weight is 489 g/mol. The zero-order valence-electron chi connectivity index (χ0n) is 18.7. The second kappa shape index (κ2) is 11.2. The van der Waals surface area contributed by atoms with Gasteiger partial charge in [-0.1, -0.05) is 36.8 Å². The molecule has 174 valence electrons. The van der Waals surface area contributed by atoms with Gasteiger partial charge in [0.1, 0.15) is 11.3 Å². The standard InChI is InChI=1S/C23H25ClN4O4S/c1-4-26(5-2)14-15-27(20(29)13-8-16-6-9-17(10-7-16)28(30)31)23-25-21-19(32-3)12-11-18(24)22(21)33-23/h6-13H,4-5,14-15H2,1-3H3/b13-8+. The molecule has 0 saturated heterocycles. The van der Waals surface area contributed by atoms with Crippen LogP contribution in [0.4, 0.5) is 10.8 Å². The first kappa shape index (κ1) is 24.6. The Morgan fingerprint density at radius 3 is 2.48 bits per heavy atom. The second-order valence-corrected chi connectivity index (χ2v) is 8.51. The molecule has 3 aromatic rings. The van der Waals surface area contributed by atoms with Crippen molar-refractivity contribution < 1.29 is 14.5 Å². The maximum Gasteiger partial charge on any atom is 0.269 e. The SMILES string of the molecule is CCN(CC)CCN(C(=O)/C=C/c1ccc([N+](=O)[O-])cc1)c1nc2c(OC)ccc(Cl)c2s1. The van der Waals surface area contributed by atoms with Crippen molar-refractivity contribution in [1.82, 2.24) is 9.88 Å². The molecule has 0 aliphatic rings. The van der Waals surface area contributed by atoms with E-state index in [1.54, 1.807) is 42.4 Å². The van der Waals surface area contributed by atoms with E-state index >= 15 is 0 Å². The fourth-order valence-corrected chi connectivity index (χ4v) is 4.55. The summed E-state index contributed by atoms with van der Waals surface area (Å²) in [6, 6.07) is 9.52. The number of carbonyl (C=O) groups is 1. The van der Waals surface area contributed by atoms with Gasteiger partial charge in [-0.2, -0.15) is 0 Å². The summed E-state index contributed by atoms with van der Waals surface area (Å²) in [6.07, 6.45) is 3.09. The summed E-state index contributed by atoms with van der Waals surface area (Å²) in [5.74, 6) is 0.351. The fourth-order valence-electron chi connectivity index (χ4n) is 3.27. The van der Waals surface area contributed by atoms with Crippen LogP contribution in [-0.2, 0) is 4.79 Å². The van der Waals surface area contributed by atoms with Crippen LogP contribution in [0.15, 0.2) is 42.5 Å². The van der Waals surface area contributed by atoms with Gasteiger partial charge < -0.3 is 9.64 Å². The number of rotatable bonds is 10. The maximum absolute atomic E-state index is 13.2. The maximum atomic E-state index is 13.2. The van der Waals surface area contributed by atoms with Crippen LogP contribution in [0.25, 0.3) is 16.3 Å². The van der Waals surface area contributed by atoms with E-state index in [1.165, 1.54) is 29.5 Å². The van der Waals surface area contributed by atoms with Crippen molar-refractivity contribution in [3.05, 3.63) is 63.2 Å². The number of likely N-dealkylation sites (N-methyl/N-ethyl adjacent to an activating group) is 1. The number of methoxy groups -OCH3 is 1. The van der Waals surface area contributed by atoms with E-state index in [2.05, 4.69) is 23.7 Å². The lowest BCUT2D eigenvalue weighted by atomic mass is 10.2. The van der Waals surface area contributed by atoms with Gasteiger partial charge >= 0.3 is 0 Å². The Hall–Kier alpha value is -3.01. The number of halogens is 1. The van der Waals surface area contributed by atoms with Crippen LogP contribution in [0.3, 0.4) is 0 Å². The molecule has 0 radical (unpaired) electrons. The number of carbonyl (C=O) groups excluding carboxylic acids is 1. The average Bonchev–Trinajstić information content (AvgIpc) is 3.27. The number of nitro groups is 1. The molecule has 0 unspecified atom stereocenters. The van der Waals surface area contributed by atoms with E-state index in [0.29, 0.717) is 40.1 Å². The zero-order valence-corrected chi connectivity index (χ0v) is 20.2. The molecule has 0 N–H and O–H groups in total. The highest BCUT2D eigenvalue weighted by Crippen LogP contribution is 2.38. The molecule has 0 bridgehead atoms. The first-order valence-corrected chi connectivity index (χ1v) is 11.7. The Kier molecular flexibility index (Phi) is 8.37. The van der Waals surface area contributed by atoms with Gasteiger partial charge in [-0.05, 0) is 49.0 Å². The monoisotopic (exact) mass is 488 g/mol. The predicted molar refractivity (Wildman–Crippen MR) is 133 cm³/mol. The first-order valence-electron chi connectivity index (χ1n) is 10.5. The number of amides is 1. The van der Waals surface area contributed by atoms with Crippen LogP contribution in [0, 0.1) is 10.1 Å². The Morgan fingerprint density at radius 1 is 1.18 bits per heavy atom. The lowest BCUT2D eigenvalue weighted by Gasteiger charge is -2.23. The lowest BCUT2D eigenvalue weighted by Crippen LogP contribution is -2.38. The molecule has 1 heterocycles. The molecule has 0 aliphatic carbocycles. The van der Waals surface area contributed by atoms with Crippen molar-refractivity contribution in [3.8, 4) is 5.75 Å². The van der Waals surface area contributed by atoms with Gasteiger partial charge in [0.2, 0.25) is 0 Å². The highest BCUT2D eigenvalue weighted by molar-refractivity contribution is 7.23. The van der Waals surface area contributed by atoms with Gasteiger partial charge in [-0.15, -0.1) is 0 Å². The molecule has 8 nitrogen and oxygen atoms in total. The van der Waals surface area contributed by atoms with Gasteiger partial charge in [0.25, 0.3) is 11.6 Å². The molecule has 0 aliphatic heterocycles. The smallest absolute Gasteiger partial charge is 0.269 e. The van der Waals surface area contributed by atoms with E-state index in [9.17, 15) is 14.9 Å². The van der Waals surface area contributed by atoms with Gasteiger partial charge in [-0.25, -0.2) is 4.98 Å². The molecule has 0 spiro atoms. The summed E-state index contributed by atoms with van der Waals surface area (Å²) in [5.41, 5.74) is 1.30. The van der Waals surface area contributed by atoms with Crippen molar-refractivity contribution in [3.63, 3.8) is 0 Å². The molecule has 1 amide bonds. The molecule has 0 atom stereocenters. The number of nitrogens with zero attached hydrogens (tertiary/aromatic N) is 4. The van der Waals surface area contributed by atoms with Crippen LogP contribution < -0.4 is 9.64 Å². The van der Waals surface area contributed by atoms with E-state index in [0.717, 1.165) is 17.8 Å². The number of aromatic nitrogens is 1. The van der Waals surface area contributed by atoms with Crippen LogP contribution in [-0.4, -0.2) is 54.0 Å². The van der Waals surface area contributed by atoms with E-state index in [4.69, 9.17) is 16.3 Å². The van der Waals surface area contributed by atoms with Gasteiger partial charge in [0, 0.05) is 31.3 Å². The normalized spacial score (nSPS) is 11.4. The number of benzene rings is 2. The molecule has 0 saturated carbocycles. The quantitative estimate of drug-likeness (QED) is 0.220. The summed E-state index contributed by atoms with van der Waals surface area (Å²) in [6.45, 7) is 7.03. The Morgan fingerprint density at radius 2 is 1.88 bits per heavy atom. The highest BCUT2D eigenvalue weighted by Gasteiger charge is 2.21. The summed E-state index contributed by atoms with van der Waals surface area (Å²) < 4.78 is 6.17. The van der Waals surface area contributed by atoms with E-state index in [1.807, 2.05) is 0 Å². The number of non-ortho nitro benzene ring substituents is 1. The molecule has 10 heteroatoms. The first-order chi connectivity index (χ1) is 15.9. The lowest BCUT2D eigenvalue weighted by molar-refractivity contribution is -0.384. The number of thiazole rings is 1. The Labute approximate surface area is 201 Å². The highest BCUT2D eigenvalue weighted by atomic mass is 35.5. The Balaban J connectivity index is 1.92. The summed E-state index contributed by atoms with van der Waals surface area (Å²) >= 11 is 7.71. The molecule has 0 fully saturated rings. The fraction of sp³-hybridized carbons (Fsp3) is 0.304. The minimum absolute atomic E-state index is 0.000345. The van der Waals surface area contributed by atoms with Crippen molar-refractivity contribution in [1.29, 1.82) is 0 Å². The summed E-state index contributed by atoms with van der Waals surface area (Å²) in [7, 11) is 1.57. The van der Waals surface area contributed by atoms with Crippen LogP contribution in [0.2, 0.25) is 5.02 Å². The van der Waals surface area contributed by atoms with Crippen molar-refractivity contribution in [2.75, 3.05) is 38.2 Å². The number of hydrogen-bond donors (Lipinski definition) is 0. The van der Waals surface area contributed by atoms with Crippen molar-refractivity contribution in [2.45, 2.75) is 13.8 Å². The predicted octanol–water partition coefficient (Wildman–Crippen LogP) is 5.25. The molecular weight excluding hydrogens is 464 g/mol. The topological polar surface area (TPSA) is 88.8 Å². The zero-order chi connectivity index (χ0) is 24.0.